The monoisotopic (exact) mass is 301 g/mol. The maximum Gasteiger partial charge on any atom is 0.348 e. The van der Waals surface area contributed by atoms with Gasteiger partial charge in [0.05, 0.1) is 6.61 Å². The van der Waals surface area contributed by atoms with Gasteiger partial charge in [0.2, 0.25) is 0 Å². The number of carbonyl (C=O) groups is 1. The number of hydrogen-bond donors (Lipinski definition) is 1. The Morgan fingerprint density at radius 1 is 1.41 bits per heavy atom. The van der Waals surface area contributed by atoms with Crippen molar-refractivity contribution in [2.45, 2.75) is 13.8 Å². The molecule has 1 aromatic carbocycles. The Labute approximate surface area is 126 Å². The molecule has 0 saturated carbocycles. The van der Waals surface area contributed by atoms with Crippen molar-refractivity contribution < 1.29 is 14.3 Å². The molecule has 0 radical (unpaired) electrons. The summed E-state index contributed by atoms with van der Waals surface area (Å²) in [6.45, 7) is 7.35. The molecule has 0 spiro atoms. The predicted molar refractivity (Wildman–Crippen MR) is 79.8 cm³/mol. The highest BCUT2D eigenvalue weighted by molar-refractivity contribution is 5.84. The van der Waals surface area contributed by atoms with Crippen molar-refractivity contribution in [2.24, 2.45) is 0 Å². The Hall–Kier alpha value is -2.96. The minimum atomic E-state index is -0.580. The lowest BCUT2D eigenvalue weighted by molar-refractivity contribution is -0.129. The number of ether oxygens (including phenoxy) is 2. The van der Waals surface area contributed by atoms with Crippen molar-refractivity contribution in [3.05, 3.63) is 47.2 Å². The maximum atomic E-state index is 11.4. The normalized spacial score (nSPS) is 10.1. The number of hydrogen-bond acceptors (Lipinski definition) is 6. The lowest BCUT2D eigenvalue weighted by Gasteiger charge is -2.15. The summed E-state index contributed by atoms with van der Waals surface area (Å²) < 4.78 is 10.7. The molecule has 1 aromatic heterocycles. The number of benzene rings is 1. The molecule has 0 atom stereocenters. The van der Waals surface area contributed by atoms with Crippen LogP contribution >= 0.6 is 0 Å². The van der Waals surface area contributed by atoms with Crippen molar-refractivity contribution in [3.8, 4) is 22.9 Å². The predicted octanol–water partition coefficient (Wildman–Crippen LogP) is 1.63. The Bertz CT molecular complexity index is 768. The molecule has 7 nitrogen and oxygen atoms in total. The molecule has 7 heteroatoms. The van der Waals surface area contributed by atoms with Crippen LogP contribution in [0.1, 0.15) is 12.5 Å². The van der Waals surface area contributed by atoms with Gasteiger partial charge < -0.3 is 9.47 Å². The van der Waals surface area contributed by atoms with Crippen molar-refractivity contribution >= 4 is 5.97 Å². The van der Waals surface area contributed by atoms with E-state index < -0.39 is 11.7 Å². The van der Waals surface area contributed by atoms with Gasteiger partial charge in [0.15, 0.2) is 11.5 Å². The minimum absolute atomic E-state index is 0.282. The average molecular weight is 301 g/mol. The van der Waals surface area contributed by atoms with Crippen LogP contribution in [0, 0.1) is 6.92 Å². The van der Waals surface area contributed by atoms with Gasteiger partial charge in [0.25, 0.3) is 0 Å². The third kappa shape index (κ3) is 3.20. The number of nitrogens with zero attached hydrogens (tertiary/aromatic N) is 2. The molecule has 0 aliphatic heterocycles. The van der Waals surface area contributed by atoms with Gasteiger partial charge in [0.1, 0.15) is 12.2 Å². The molecule has 1 heterocycles. The molecule has 0 unspecified atom stereocenters. The van der Waals surface area contributed by atoms with Crippen molar-refractivity contribution in [1.29, 1.82) is 0 Å². The zero-order chi connectivity index (χ0) is 16.1. The van der Waals surface area contributed by atoms with E-state index in [2.05, 4.69) is 21.5 Å². The third-order valence-corrected chi connectivity index (χ3v) is 2.88. The third-order valence-electron chi connectivity index (χ3n) is 2.88. The fourth-order valence-electron chi connectivity index (χ4n) is 1.92. The average Bonchev–Trinajstić information content (AvgIpc) is 2.50. The second-order valence-electron chi connectivity index (χ2n) is 4.28. The number of nitrogens with one attached hydrogen (secondary N) is 1. The van der Waals surface area contributed by atoms with E-state index in [1.165, 1.54) is 6.33 Å². The topological polar surface area (TPSA) is 94.2 Å². The maximum absolute atomic E-state index is 11.4. The van der Waals surface area contributed by atoms with Crippen LogP contribution < -0.4 is 15.2 Å². The number of carbonyl (C=O) groups excluding carboxylic acids is 1. The Morgan fingerprint density at radius 3 is 2.82 bits per heavy atom. The second kappa shape index (κ2) is 6.66. The Balaban J connectivity index is 2.54. The van der Waals surface area contributed by atoms with Crippen LogP contribution in [-0.4, -0.2) is 27.5 Å². The molecule has 2 aromatic rings. The standard InChI is InChI=1S/C15H15N3O4/c1-4-12(19)22-11-7-6-10(9(3)13(11)21-5-2)14-16-8-17-15(20)18-14/h4,6-8H,1,5H2,2-3H3,(H,16,17,18,20). The van der Waals surface area contributed by atoms with Gasteiger partial charge in [-0.15, -0.1) is 0 Å². The van der Waals surface area contributed by atoms with Crippen LogP contribution in [-0.2, 0) is 4.79 Å². The summed E-state index contributed by atoms with van der Waals surface area (Å²) in [5.41, 5.74) is 0.844. The molecule has 0 saturated heterocycles. The second-order valence-corrected chi connectivity index (χ2v) is 4.28. The summed E-state index contributed by atoms with van der Waals surface area (Å²) in [5, 5.41) is 0. The van der Waals surface area contributed by atoms with Gasteiger partial charge >= 0.3 is 11.7 Å². The highest BCUT2D eigenvalue weighted by Gasteiger charge is 2.16. The zero-order valence-electron chi connectivity index (χ0n) is 12.3. The molecular weight excluding hydrogens is 286 g/mol. The summed E-state index contributed by atoms with van der Waals surface area (Å²) in [6.07, 6.45) is 2.25. The molecule has 1 N–H and O–H groups in total. The first-order valence-corrected chi connectivity index (χ1v) is 6.59. The fraction of sp³-hybridized carbons (Fsp3) is 0.200. The van der Waals surface area contributed by atoms with Crippen LogP contribution in [0.2, 0.25) is 0 Å². The van der Waals surface area contributed by atoms with Crippen LogP contribution in [0.4, 0.5) is 0 Å². The van der Waals surface area contributed by atoms with E-state index in [0.717, 1.165) is 6.08 Å². The minimum Gasteiger partial charge on any atom is -0.490 e. The highest BCUT2D eigenvalue weighted by atomic mass is 16.6. The first-order valence-electron chi connectivity index (χ1n) is 6.59. The van der Waals surface area contributed by atoms with E-state index in [-0.39, 0.29) is 5.75 Å². The van der Waals surface area contributed by atoms with Gasteiger partial charge in [-0.25, -0.2) is 14.6 Å². The number of aromatic nitrogens is 3. The molecular formula is C15H15N3O4. The van der Waals surface area contributed by atoms with E-state index in [4.69, 9.17) is 9.47 Å². The van der Waals surface area contributed by atoms with Gasteiger partial charge in [-0.3, -0.25) is 4.98 Å². The Morgan fingerprint density at radius 2 is 2.18 bits per heavy atom. The fourth-order valence-corrected chi connectivity index (χ4v) is 1.92. The molecule has 0 fully saturated rings. The van der Waals surface area contributed by atoms with E-state index in [1.54, 1.807) is 19.1 Å². The summed E-state index contributed by atoms with van der Waals surface area (Å²) in [4.78, 5) is 32.8. The molecule has 0 aliphatic carbocycles. The van der Waals surface area contributed by atoms with Crippen LogP contribution in [0.25, 0.3) is 11.4 Å². The number of aromatic amines is 1. The first-order chi connectivity index (χ1) is 10.6. The van der Waals surface area contributed by atoms with Gasteiger partial charge in [-0.2, -0.15) is 4.98 Å². The van der Waals surface area contributed by atoms with Gasteiger partial charge in [-0.1, -0.05) is 6.58 Å². The molecule has 0 amide bonds. The van der Waals surface area contributed by atoms with Crippen molar-refractivity contribution in [1.82, 2.24) is 15.0 Å². The Kier molecular flexibility index (Phi) is 4.67. The smallest absolute Gasteiger partial charge is 0.348 e. The molecule has 2 rings (SSSR count). The zero-order valence-corrected chi connectivity index (χ0v) is 12.3. The van der Waals surface area contributed by atoms with E-state index in [0.29, 0.717) is 29.3 Å². The number of esters is 1. The lowest BCUT2D eigenvalue weighted by Crippen LogP contribution is -2.12. The number of H-pyrrole nitrogens is 1. The van der Waals surface area contributed by atoms with Crippen LogP contribution in [0.3, 0.4) is 0 Å². The summed E-state index contributed by atoms with van der Waals surface area (Å²) in [6, 6.07) is 3.26. The summed E-state index contributed by atoms with van der Waals surface area (Å²) in [7, 11) is 0. The highest BCUT2D eigenvalue weighted by Crippen LogP contribution is 2.36. The quantitative estimate of drug-likeness (QED) is 0.512. The van der Waals surface area contributed by atoms with E-state index in [1.807, 2.05) is 6.92 Å². The summed E-state index contributed by atoms with van der Waals surface area (Å²) >= 11 is 0. The molecule has 22 heavy (non-hydrogen) atoms. The van der Waals surface area contributed by atoms with Crippen LogP contribution in [0.5, 0.6) is 11.5 Å². The summed E-state index contributed by atoms with van der Waals surface area (Å²) in [5.74, 6) is 0.475. The molecule has 0 aliphatic rings. The lowest BCUT2D eigenvalue weighted by atomic mass is 10.1. The van der Waals surface area contributed by atoms with E-state index in [9.17, 15) is 9.59 Å². The number of rotatable bonds is 5. The SMILES string of the molecule is C=CC(=O)Oc1ccc(-c2ncnc(=O)[nH]2)c(C)c1OCC. The largest absolute Gasteiger partial charge is 0.490 e. The van der Waals surface area contributed by atoms with Crippen LogP contribution in [0.15, 0.2) is 35.9 Å². The molecule has 0 bridgehead atoms. The van der Waals surface area contributed by atoms with Crippen molar-refractivity contribution in [3.63, 3.8) is 0 Å². The first kappa shape index (κ1) is 15.4. The molecule has 114 valence electrons. The van der Waals surface area contributed by atoms with Gasteiger partial charge in [-0.05, 0) is 26.0 Å². The van der Waals surface area contributed by atoms with Crippen molar-refractivity contribution in [2.75, 3.05) is 6.61 Å². The van der Waals surface area contributed by atoms with E-state index >= 15 is 0 Å². The van der Waals surface area contributed by atoms with Gasteiger partial charge in [0, 0.05) is 17.2 Å².